The van der Waals surface area contributed by atoms with E-state index >= 15 is 0 Å². The standard InChI is InChI=1S/C17H24FNO/c18-15-6-3-5-14(12-15)17(20)9-11-19-10-8-13-4-1-2-7-16(13)19/h3,5-6,12-13,16-17,20H,1-2,4,7-11H2. The minimum Gasteiger partial charge on any atom is -0.388 e. The first-order valence-electron chi connectivity index (χ1n) is 7.91. The van der Waals surface area contributed by atoms with Crippen LogP contribution in [0.4, 0.5) is 4.39 Å². The molecule has 3 atom stereocenters. The summed E-state index contributed by atoms with van der Waals surface area (Å²) in [5, 5.41) is 10.2. The van der Waals surface area contributed by atoms with Gasteiger partial charge in [-0.05, 0) is 55.8 Å². The zero-order valence-corrected chi connectivity index (χ0v) is 12.0. The second kappa shape index (κ2) is 6.23. The minimum absolute atomic E-state index is 0.268. The van der Waals surface area contributed by atoms with Crippen LogP contribution in [0.2, 0.25) is 0 Å². The van der Waals surface area contributed by atoms with Crippen molar-refractivity contribution in [1.29, 1.82) is 0 Å². The summed E-state index contributed by atoms with van der Waals surface area (Å²) in [4.78, 5) is 2.55. The van der Waals surface area contributed by atoms with Crippen LogP contribution in [-0.2, 0) is 0 Å². The maximum Gasteiger partial charge on any atom is 0.123 e. The van der Waals surface area contributed by atoms with Crippen molar-refractivity contribution < 1.29 is 9.50 Å². The zero-order valence-electron chi connectivity index (χ0n) is 12.0. The maximum absolute atomic E-state index is 13.2. The van der Waals surface area contributed by atoms with Gasteiger partial charge in [-0.1, -0.05) is 25.0 Å². The number of aliphatic hydroxyl groups excluding tert-OH is 1. The van der Waals surface area contributed by atoms with E-state index in [2.05, 4.69) is 4.90 Å². The van der Waals surface area contributed by atoms with Crippen molar-refractivity contribution in [1.82, 2.24) is 4.90 Å². The van der Waals surface area contributed by atoms with Crippen LogP contribution < -0.4 is 0 Å². The van der Waals surface area contributed by atoms with Gasteiger partial charge in [0.05, 0.1) is 6.10 Å². The van der Waals surface area contributed by atoms with Crippen LogP contribution in [-0.4, -0.2) is 29.1 Å². The fraction of sp³-hybridized carbons (Fsp3) is 0.647. The summed E-state index contributed by atoms with van der Waals surface area (Å²) in [5.74, 6) is 0.616. The van der Waals surface area contributed by atoms with Gasteiger partial charge in [0.2, 0.25) is 0 Å². The number of benzene rings is 1. The van der Waals surface area contributed by atoms with Crippen molar-refractivity contribution in [2.45, 2.75) is 50.7 Å². The molecule has 0 aromatic heterocycles. The second-order valence-corrected chi connectivity index (χ2v) is 6.30. The Kier molecular flexibility index (Phi) is 4.37. The molecule has 1 saturated carbocycles. The Morgan fingerprint density at radius 2 is 2.10 bits per heavy atom. The average Bonchev–Trinajstić information content (AvgIpc) is 2.88. The molecular weight excluding hydrogens is 253 g/mol. The van der Waals surface area contributed by atoms with E-state index in [9.17, 15) is 9.50 Å². The highest BCUT2D eigenvalue weighted by Gasteiger charge is 2.35. The van der Waals surface area contributed by atoms with Crippen molar-refractivity contribution in [2.75, 3.05) is 13.1 Å². The van der Waals surface area contributed by atoms with Crippen LogP contribution in [0.25, 0.3) is 0 Å². The van der Waals surface area contributed by atoms with Gasteiger partial charge in [0.25, 0.3) is 0 Å². The number of rotatable bonds is 4. The smallest absolute Gasteiger partial charge is 0.123 e. The molecule has 1 N–H and O–H groups in total. The van der Waals surface area contributed by atoms with Gasteiger partial charge in [-0.2, -0.15) is 0 Å². The molecule has 2 aliphatic rings. The van der Waals surface area contributed by atoms with Crippen LogP contribution in [0, 0.1) is 11.7 Å². The molecule has 1 saturated heterocycles. The summed E-state index contributed by atoms with van der Waals surface area (Å²) in [5.41, 5.74) is 0.699. The van der Waals surface area contributed by atoms with E-state index in [1.165, 1.54) is 50.8 Å². The lowest BCUT2D eigenvalue weighted by Gasteiger charge is -2.32. The molecule has 1 aliphatic carbocycles. The number of aliphatic hydroxyl groups is 1. The molecule has 1 aromatic carbocycles. The van der Waals surface area contributed by atoms with E-state index in [1.54, 1.807) is 12.1 Å². The number of nitrogens with zero attached hydrogens (tertiary/aromatic N) is 1. The van der Waals surface area contributed by atoms with Crippen LogP contribution >= 0.6 is 0 Å². The SMILES string of the molecule is OC(CCN1CCC2CCCCC21)c1cccc(F)c1. The zero-order chi connectivity index (χ0) is 13.9. The van der Waals surface area contributed by atoms with Gasteiger partial charge in [-0.3, -0.25) is 4.90 Å². The molecule has 0 amide bonds. The van der Waals surface area contributed by atoms with E-state index in [4.69, 9.17) is 0 Å². The van der Waals surface area contributed by atoms with E-state index < -0.39 is 6.10 Å². The van der Waals surface area contributed by atoms with Gasteiger partial charge in [0.1, 0.15) is 5.82 Å². The third kappa shape index (κ3) is 3.04. The number of fused-ring (bicyclic) bond motifs is 1. The van der Waals surface area contributed by atoms with E-state index in [0.717, 1.165) is 18.5 Å². The normalized spacial score (nSPS) is 28.3. The Morgan fingerprint density at radius 1 is 1.25 bits per heavy atom. The molecule has 3 heteroatoms. The van der Waals surface area contributed by atoms with Gasteiger partial charge in [0, 0.05) is 12.6 Å². The predicted molar refractivity (Wildman–Crippen MR) is 77.9 cm³/mol. The van der Waals surface area contributed by atoms with Crippen LogP contribution in [0.3, 0.4) is 0 Å². The lowest BCUT2D eigenvalue weighted by Crippen LogP contribution is -2.35. The first-order chi connectivity index (χ1) is 9.74. The topological polar surface area (TPSA) is 23.5 Å². The van der Waals surface area contributed by atoms with Crippen molar-refractivity contribution in [3.05, 3.63) is 35.6 Å². The Morgan fingerprint density at radius 3 is 2.95 bits per heavy atom. The number of hydrogen-bond acceptors (Lipinski definition) is 2. The van der Waals surface area contributed by atoms with Crippen LogP contribution in [0.15, 0.2) is 24.3 Å². The summed E-state index contributed by atoms with van der Waals surface area (Å²) in [7, 11) is 0. The molecule has 0 spiro atoms. The third-order valence-corrected chi connectivity index (χ3v) is 5.05. The highest BCUT2D eigenvalue weighted by Crippen LogP contribution is 2.36. The lowest BCUT2D eigenvalue weighted by molar-refractivity contribution is 0.123. The second-order valence-electron chi connectivity index (χ2n) is 6.30. The Bertz CT molecular complexity index is 450. The molecule has 3 unspecified atom stereocenters. The summed E-state index contributed by atoms with van der Waals surface area (Å²) < 4.78 is 13.2. The Hall–Kier alpha value is -0.930. The molecule has 3 rings (SSSR count). The van der Waals surface area contributed by atoms with Gasteiger partial charge in [0.15, 0.2) is 0 Å². The van der Waals surface area contributed by atoms with Gasteiger partial charge in [-0.25, -0.2) is 4.39 Å². The first-order valence-corrected chi connectivity index (χ1v) is 7.91. The molecule has 2 fully saturated rings. The Balaban J connectivity index is 1.54. The highest BCUT2D eigenvalue weighted by molar-refractivity contribution is 5.18. The van der Waals surface area contributed by atoms with Crippen molar-refractivity contribution in [3.63, 3.8) is 0 Å². The summed E-state index contributed by atoms with van der Waals surface area (Å²) >= 11 is 0. The molecule has 1 aliphatic heterocycles. The van der Waals surface area contributed by atoms with Crippen LogP contribution in [0.1, 0.15) is 50.2 Å². The molecule has 20 heavy (non-hydrogen) atoms. The largest absolute Gasteiger partial charge is 0.388 e. The van der Waals surface area contributed by atoms with E-state index in [-0.39, 0.29) is 5.82 Å². The molecule has 2 nitrogen and oxygen atoms in total. The minimum atomic E-state index is -0.548. The first kappa shape index (κ1) is 14.0. The summed E-state index contributed by atoms with van der Waals surface area (Å²) in [6, 6.07) is 7.08. The molecule has 1 aromatic rings. The Labute approximate surface area is 120 Å². The summed E-state index contributed by atoms with van der Waals surface area (Å²) in [6.07, 6.45) is 6.92. The molecule has 1 heterocycles. The maximum atomic E-state index is 13.2. The summed E-state index contributed by atoms with van der Waals surface area (Å²) in [6.45, 7) is 2.10. The monoisotopic (exact) mass is 277 g/mol. The van der Waals surface area contributed by atoms with Crippen molar-refractivity contribution in [2.24, 2.45) is 5.92 Å². The third-order valence-electron chi connectivity index (χ3n) is 5.05. The molecule has 0 bridgehead atoms. The van der Waals surface area contributed by atoms with Gasteiger partial charge >= 0.3 is 0 Å². The van der Waals surface area contributed by atoms with Crippen molar-refractivity contribution in [3.8, 4) is 0 Å². The molecule has 0 radical (unpaired) electrons. The van der Waals surface area contributed by atoms with Gasteiger partial charge < -0.3 is 5.11 Å². The van der Waals surface area contributed by atoms with Gasteiger partial charge in [-0.15, -0.1) is 0 Å². The van der Waals surface area contributed by atoms with Crippen molar-refractivity contribution >= 4 is 0 Å². The fourth-order valence-electron chi connectivity index (χ4n) is 3.95. The number of hydrogen-bond donors (Lipinski definition) is 1. The molecular formula is C17H24FNO. The number of likely N-dealkylation sites (tertiary alicyclic amines) is 1. The fourth-order valence-corrected chi connectivity index (χ4v) is 3.95. The van der Waals surface area contributed by atoms with E-state index in [0.29, 0.717) is 12.0 Å². The van der Waals surface area contributed by atoms with Crippen LogP contribution in [0.5, 0.6) is 0 Å². The molecule has 110 valence electrons. The quantitative estimate of drug-likeness (QED) is 0.910. The van der Waals surface area contributed by atoms with E-state index in [1.807, 2.05) is 0 Å². The average molecular weight is 277 g/mol. The predicted octanol–water partition coefficient (Wildman–Crippen LogP) is 3.51. The number of halogens is 1. The highest BCUT2D eigenvalue weighted by atomic mass is 19.1. The lowest BCUT2D eigenvalue weighted by atomic mass is 9.85.